The van der Waals surface area contributed by atoms with Crippen molar-refractivity contribution in [1.82, 2.24) is 9.88 Å². The smallest absolute Gasteiger partial charge is 0.240 e. The lowest BCUT2D eigenvalue weighted by Crippen LogP contribution is -2.33. The van der Waals surface area contributed by atoms with Crippen LogP contribution >= 0.6 is 0 Å². The second kappa shape index (κ2) is 7.33. The van der Waals surface area contributed by atoms with Crippen LogP contribution in [0, 0.1) is 0 Å². The van der Waals surface area contributed by atoms with Gasteiger partial charge in [0.05, 0.1) is 11.8 Å². The van der Waals surface area contributed by atoms with E-state index >= 15 is 0 Å². The summed E-state index contributed by atoms with van der Waals surface area (Å²) in [7, 11) is 0. The molecule has 0 aliphatic carbocycles. The van der Waals surface area contributed by atoms with E-state index in [4.69, 9.17) is 15.2 Å². The van der Waals surface area contributed by atoms with E-state index in [9.17, 15) is 0 Å². The Hall–Kier alpha value is -1.49. The molecule has 0 radical (unpaired) electrons. The first-order valence-electron chi connectivity index (χ1n) is 7.43. The molecule has 0 atom stereocenters. The van der Waals surface area contributed by atoms with E-state index in [1.165, 1.54) is 32.4 Å². The molecule has 0 unspecified atom stereocenters. The number of nitrogens with two attached hydrogens (primary N) is 1. The molecule has 5 heteroatoms. The Morgan fingerprint density at radius 1 is 1.25 bits per heavy atom. The highest BCUT2D eigenvalue weighted by atomic mass is 16.5. The molecular formula is C15H25N3O2. The minimum atomic E-state index is 0.0494. The number of anilines is 1. The summed E-state index contributed by atoms with van der Waals surface area (Å²) in [6.45, 7) is 7.86. The average molecular weight is 279 g/mol. The number of hydrogen-bond acceptors (Lipinski definition) is 5. The third-order valence-electron chi connectivity index (χ3n) is 3.32. The molecule has 1 aromatic rings. The topological polar surface area (TPSA) is 60.6 Å². The minimum Gasteiger partial charge on any atom is -0.476 e. The first-order chi connectivity index (χ1) is 9.65. The second-order valence-electron chi connectivity index (χ2n) is 5.46. The summed E-state index contributed by atoms with van der Waals surface area (Å²) in [4.78, 5) is 6.74. The van der Waals surface area contributed by atoms with Gasteiger partial charge in [0, 0.05) is 12.6 Å². The van der Waals surface area contributed by atoms with Crippen molar-refractivity contribution in [2.75, 3.05) is 32.0 Å². The number of aromatic nitrogens is 1. The number of piperidine rings is 1. The lowest BCUT2D eigenvalue weighted by Gasteiger charge is -2.26. The van der Waals surface area contributed by atoms with E-state index in [1.54, 1.807) is 12.1 Å². The van der Waals surface area contributed by atoms with Crippen LogP contribution in [0.5, 0.6) is 11.8 Å². The molecule has 1 fully saturated rings. The molecule has 1 aliphatic rings. The van der Waals surface area contributed by atoms with Crippen LogP contribution in [-0.2, 0) is 0 Å². The maximum Gasteiger partial charge on any atom is 0.240 e. The lowest BCUT2D eigenvalue weighted by atomic mass is 10.1. The van der Waals surface area contributed by atoms with Gasteiger partial charge in [-0.25, -0.2) is 0 Å². The molecule has 112 valence electrons. The van der Waals surface area contributed by atoms with Crippen molar-refractivity contribution in [2.45, 2.75) is 39.2 Å². The SMILES string of the molecule is CC(C)Oc1nc(OCCN2CCCCC2)ccc1N. The lowest BCUT2D eigenvalue weighted by molar-refractivity contribution is 0.178. The van der Waals surface area contributed by atoms with Gasteiger partial charge in [-0.1, -0.05) is 6.42 Å². The quantitative estimate of drug-likeness (QED) is 0.866. The molecular weight excluding hydrogens is 254 g/mol. The Labute approximate surface area is 121 Å². The molecule has 1 aromatic heterocycles. The molecule has 2 N–H and O–H groups in total. The summed E-state index contributed by atoms with van der Waals surface area (Å²) in [6, 6.07) is 3.57. The standard InChI is InChI=1S/C15H25N3O2/c1-12(2)20-15-13(16)6-7-14(17-15)19-11-10-18-8-4-3-5-9-18/h6-7,12H,3-5,8-11,16H2,1-2H3. The predicted octanol–water partition coefficient (Wildman–Crippen LogP) is 2.32. The van der Waals surface area contributed by atoms with Crippen LogP contribution in [0.3, 0.4) is 0 Å². The van der Waals surface area contributed by atoms with Crippen molar-refractivity contribution < 1.29 is 9.47 Å². The van der Waals surface area contributed by atoms with E-state index in [1.807, 2.05) is 13.8 Å². The van der Waals surface area contributed by atoms with E-state index < -0.39 is 0 Å². The molecule has 2 heterocycles. The number of nitrogens with zero attached hydrogens (tertiary/aromatic N) is 2. The van der Waals surface area contributed by atoms with Crippen molar-refractivity contribution in [3.05, 3.63) is 12.1 Å². The van der Waals surface area contributed by atoms with Gasteiger partial charge >= 0.3 is 0 Å². The van der Waals surface area contributed by atoms with Crippen molar-refractivity contribution in [1.29, 1.82) is 0 Å². The number of hydrogen-bond donors (Lipinski definition) is 1. The maximum absolute atomic E-state index is 5.83. The highest BCUT2D eigenvalue weighted by molar-refractivity contribution is 5.49. The van der Waals surface area contributed by atoms with Crippen molar-refractivity contribution in [3.63, 3.8) is 0 Å². The summed E-state index contributed by atoms with van der Waals surface area (Å²) < 4.78 is 11.3. The van der Waals surface area contributed by atoms with Crippen LogP contribution in [0.15, 0.2) is 12.1 Å². The first-order valence-corrected chi connectivity index (χ1v) is 7.43. The summed E-state index contributed by atoms with van der Waals surface area (Å²) in [5, 5.41) is 0. The van der Waals surface area contributed by atoms with Gasteiger partial charge in [0.2, 0.25) is 11.8 Å². The van der Waals surface area contributed by atoms with Crippen molar-refractivity contribution in [2.24, 2.45) is 0 Å². The van der Waals surface area contributed by atoms with Crippen LogP contribution in [-0.4, -0.2) is 42.2 Å². The molecule has 20 heavy (non-hydrogen) atoms. The summed E-state index contributed by atoms with van der Waals surface area (Å²) in [5.41, 5.74) is 6.38. The Morgan fingerprint density at radius 2 is 2.00 bits per heavy atom. The fourth-order valence-electron chi connectivity index (χ4n) is 2.29. The second-order valence-corrected chi connectivity index (χ2v) is 5.46. The normalized spacial score (nSPS) is 16.4. The maximum atomic E-state index is 5.83. The van der Waals surface area contributed by atoms with Crippen LogP contribution in [0.4, 0.5) is 5.69 Å². The molecule has 1 aliphatic heterocycles. The number of nitrogen functional groups attached to an aromatic ring is 1. The van der Waals surface area contributed by atoms with Crippen molar-refractivity contribution in [3.8, 4) is 11.8 Å². The Bertz CT molecular complexity index is 418. The first kappa shape index (κ1) is 14.9. The van der Waals surface area contributed by atoms with Crippen molar-refractivity contribution >= 4 is 5.69 Å². The number of rotatable bonds is 6. The van der Waals surface area contributed by atoms with Crippen LogP contribution < -0.4 is 15.2 Å². The molecule has 0 amide bonds. The predicted molar refractivity (Wildman–Crippen MR) is 80.2 cm³/mol. The van der Waals surface area contributed by atoms with E-state index in [-0.39, 0.29) is 6.10 Å². The Morgan fingerprint density at radius 3 is 2.70 bits per heavy atom. The molecule has 1 saturated heterocycles. The Balaban J connectivity index is 1.82. The minimum absolute atomic E-state index is 0.0494. The fraction of sp³-hybridized carbons (Fsp3) is 0.667. The highest BCUT2D eigenvalue weighted by Gasteiger charge is 2.11. The van der Waals surface area contributed by atoms with E-state index in [0.29, 0.717) is 24.1 Å². The third-order valence-corrected chi connectivity index (χ3v) is 3.32. The van der Waals surface area contributed by atoms with E-state index in [2.05, 4.69) is 9.88 Å². The largest absolute Gasteiger partial charge is 0.476 e. The van der Waals surface area contributed by atoms with Crippen LogP contribution in [0.2, 0.25) is 0 Å². The zero-order valence-electron chi connectivity index (χ0n) is 12.5. The zero-order valence-corrected chi connectivity index (χ0v) is 12.5. The molecule has 5 nitrogen and oxygen atoms in total. The fourth-order valence-corrected chi connectivity index (χ4v) is 2.29. The summed E-state index contributed by atoms with van der Waals surface area (Å²) in [5.74, 6) is 1.03. The van der Waals surface area contributed by atoms with Gasteiger partial charge in [0.15, 0.2) is 0 Å². The summed E-state index contributed by atoms with van der Waals surface area (Å²) in [6.07, 6.45) is 4.00. The number of likely N-dealkylation sites (tertiary alicyclic amines) is 1. The molecule has 0 spiro atoms. The van der Waals surface area contributed by atoms with Gasteiger partial charge in [-0.05, 0) is 45.8 Å². The molecule has 2 rings (SSSR count). The highest BCUT2D eigenvalue weighted by Crippen LogP contribution is 2.23. The van der Waals surface area contributed by atoms with Gasteiger partial charge in [0.25, 0.3) is 0 Å². The number of ether oxygens (including phenoxy) is 2. The summed E-state index contributed by atoms with van der Waals surface area (Å²) >= 11 is 0. The molecule has 0 bridgehead atoms. The van der Waals surface area contributed by atoms with Crippen LogP contribution in [0.1, 0.15) is 33.1 Å². The Kier molecular flexibility index (Phi) is 5.47. The van der Waals surface area contributed by atoms with Gasteiger partial charge < -0.3 is 15.2 Å². The molecule has 0 saturated carbocycles. The molecule has 0 aromatic carbocycles. The average Bonchev–Trinajstić information content (AvgIpc) is 2.43. The monoisotopic (exact) mass is 279 g/mol. The third kappa shape index (κ3) is 4.56. The number of pyridine rings is 1. The van der Waals surface area contributed by atoms with Gasteiger partial charge in [-0.3, -0.25) is 4.90 Å². The van der Waals surface area contributed by atoms with E-state index in [0.717, 1.165) is 6.54 Å². The van der Waals surface area contributed by atoms with Gasteiger partial charge in [-0.2, -0.15) is 4.98 Å². The van der Waals surface area contributed by atoms with Gasteiger partial charge in [0.1, 0.15) is 6.61 Å². The van der Waals surface area contributed by atoms with Crippen LogP contribution in [0.25, 0.3) is 0 Å². The zero-order chi connectivity index (χ0) is 14.4. The van der Waals surface area contributed by atoms with Gasteiger partial charge in [-0.15, -0.1) is 0 Å².